The highest BCUT2D eigenvalue weighted by Gasteiger charge is 2.50. The van der Waals surface area contributed by atoms with Crippen molar-refractivity contribution in [2.45, 2.75) is 71.0 Å². The minimum atomic E-state index is -2.62. The van der Waals surface area contributed by atoms with Crippen LogP contribution in [0.3, 0.4) is 0 Å². The smallest absolute Gasteiger partial charge is 0.261 e. The van der Waals surface area contributed by atoms with Crippen molar-refractivity contribution < 1.29 is 13.9 Å². The SMILES string of the molecule is CC(C)(C)[Si](OC/C(C#C[Si](C)(C)C)=C/COC1CCCCO1)(c1ccccc1)c1ccccc1. The van der Waals surface area contributed by atoms with Crippen LogP contribution in [0.1, 0.15) is 40.0 Å². The molecule has 1 heterocycles. The monoisotopic (exact) mass is 506 g/mol. The second-order valence-corrected chi connectivity index (χ2v) is 20.4. The maximum atomic E-state index is 7.13. The first-order chi connectivity index (χ1) is 16.6. The molecule has 1 aliphatic heterocycles. The van der Waals surface area contributed by atoms with E-state index in [-0.39, 0.29) is 11.3 Å². The van der Waals surface area contributed by atoms with Crippen molar-refractivity contribution in [3.8, 4) is 11.5 Å². The van der Waals surface area contributed by atoms with Crippen LogP contribution in [0.4, 0.5) is 0 Å². The number of hydrogen-bond donors (Lipinski definition) is 0. The molecule has 35 heavy (non-hydrogen) atoms. The van der Waals surface area contributed by atoms with Crippen molar-refractivity contribution in [2.24, 2.45) is 0 Å². The molecule has 1 saturated heterocycles. The Balaban J connectivity index is 1.94. The van der Waals surface area contributed by atoms with Gasteiger partial charge in [0.1, 0.15) is 8.07 Å². The topological polar surface area (TPSA) is 27.7 Å². The van der Waals surface area contributed by atoms with Crippen molar-refractivity contribution in [1.82, 2.24) is 0 Å². The maximum absolute atomic E-state index is 7.13. The fraction of sp³-hybridized carbons (Fsp3) is 0.467. The Morgan fingerprint density at radius 1 is 0.971 bits per heavy atom. The van der Waals surface area contributed by atoms with Crippen molar-refractivity contribution in [2.75, 3.05) is 19.8 Å². The zero-order chi connectivity index (χ0) is 25.4. The molecule has 0 spiro atoms. The molecule has 0 aliphatic carbocycles. The lowest BCUT2D eigenvalue weighted by atomic mass is 10.2. The molecule has 188 valence electrons. The van der Waals surface area contributed by atoms with Crippen molar-refractivity contribution in [1.29, 1.82) is 0 Å². The van der Waals surface area contributed by atoms with Gasteiger partial charge in [0.25, 0.3) is 8.32 Å². The fourth-order valence-corrected chi connectivity index (χ4v) is 9.52. The van der Waals surface area contributed by atoms with E-state index in [1.165, 1.54) is 10.4 Å². The molecular weight excluding hydrogens is 464 g/mol. The van der Waals surface area contributed by atoms with E-state index >= 15 is 0 Å². The fourth-order valence-electron chi connectivity index (χ4n) is 4.46. The first-order valence-electron chi connectivity index (χ1n) is 12.8. The number of rotatable bonds is 8. The predicted octanol–water partition coefficient (Wildman–Crippen LogP) is 5.91. The normalized spacial score (nSPS) is 17.5. The van der Waals surface area contributed by atoms with Crippen LogP contribution in [0.25, 0.3) is 0 Å². The van der Waals surface area contributed by atoms with Crippen LogP contribution in [-0.4, -0.2) is 42.5 Å². The lowest BCUT2D eigenvalue weighted by molar-refractivity contribution is -0.155. The summed E-state index contributed by atoms with van der Waals surface area (Å²) in [6, 6.07) is 21.5. The van der Waals surface area contributed by atoms with Crippen LogP contribution in [-0.2, 0) is 13.9 Å². The molecule has 1 fully saturated rings. The third kappa shape index (κ3) is 7.77. The Morgan fingerprint density at radius 3 is 2.06 bits per heavy atom. The van der Waals surface area contributed by atoms with Crippen LogP contribution in [0.15, 0.2) is 72.3 Å². The Morgan fingerprint density at radius 2 is 1.57 bits per heavy atom. The average Bonchev–Trinajstić information content (AvgIpc) is 2.83. The van der Waals surface area contributed by atoms with Gasteiger partial charge in [-0.2, -0.15) is 0 Å². The van der Waals surface area contributed by atoms with Gasteiger partial charge in [0, 0.05) is 12.2 Å². The van der Waals surface area contributed by atoms with Gasteiger partial charge in [-0.05, 0) is 40.8 Å². The highest BCUT2D eigenvalue weighted by atomic mass is 28.4. The molecule has 0 N–H and O–H groups in total. The van der Waals surface area contributed by atoms with Gasteiger partial charge in [-0.25, -0.2) is 0 Å². The van der Waals surface area contributed by atoms with Gasteiger partial charge < -0.3 is 13.9 Å². The summed E-state index contributed by atoms with van der Waals surface area (Å²) in [5.41, 5.74) is 4.53. The molecule has 5 heteroatoms. The number of hydrogen-bond acceptors (Lipinski definition) is 3. The van der Waals surface area contributed by atoms with Gasteiger partial charge in [-0.15, -0.1) is 5.54 Å². The van der Waals surface area contributed by atoms with Crippen molar-refractivity contribution in [3.63, 3.8) is 0 Å². The lowest BCUT2D eigenvalue weighted by Crippen LogP contribution is -2.66. The highest BCUT2D eigenvalue weighted by Crippen LogP contribution is 2.37. The minimum Gasteiger partial charge on any atom is -0.402 e. The quantitative estimate of drug-likeness (QED) is 0.329. The Bertz CT molecular complexity index is 963. The van der Waals surface area contributed by atoms with Crippen LogP contribution >= 0.6 is 0 Å². The molecule has 2 aromatic carbocycles. The van der Waals surface area contributed by atoms with Crippen molar-refractivity contribution in [3.05, 3.63) is 72.3 Å². The molecule has 1 unspecified atom stereocenters. The number of benzene rings is 2. The van der Waals surface area contributed by atoms with Crippen LogP contribution in [0.5, 0.6) is 0 Å². The van der Waals surface area contributed by atoms with Gasteiger partial charge >= 0.3 is 0 Å². The molecule has 0 radical (unpaired) electrons. The van der Waals surface area contributed by atoms with Gasteiger partial charge in [0.15, 0.2) is 6.29 Å². The second-order valence-electron chi connectivity index (χ2n) is 11.3. The largest absolute Gasteiger partial charge is 0.402 e. The Hall–Kier alpha value is -1.95. The summed E-state index contributed by atoms with van der Waals surface area (Å²) in [5.74, 6) is 3.47. The molecule has 3 nitrogen and oxygen atoms in total. The molecule has 3 rings (SSSR count). The second kappa shape index (κ2) is 12.3. The summed E-state index contributed by atoms with van der Waals surface area (Å²) in [7, 11) is -4.16. The maximum Gasteiger partial charge on any atom is 0.261 e. The first-order valence-corrected chi connectivity index (χ1v) is 18.2. The van der Waals surface area contributed by atoms with Gasteiger partial charge in [0.2, 0.25) is 0 Å². The first kappa shape index (κ1) is 27.6. The standard InChI is InChI=1S/C30H42O3Si2/c1-30(2,3)35(27-15-9-7-10-16-27,28-17-11-8-12-18-28)33-25-26(21-24-34(4,5)6)20-23-32-29-19-13-14-22-31-29/h7-12,15-18,20,29H,13-14,19,22-23,25H2,1-6H3/b26-20+. The molecule has 0 aromatic heterocycles. The summed E-state index contributed by atoms with van der Waals surface area (Å²) in [6.07, 6.45) is 5.23. The molecule has 0 bridgehead atoms. The third-order valence-corrected chi connectivity index (χ3v) is 12.1. The molecule has 0 amide bonds. The Labute approximate surface area is 215 Å². The summed E-state index contributed by atoms with van der Waals surface area (Å²) >= 11 is 0. The van der Waals surface area contributed by atoms with E-state index in [2.05, 4.69) is 119 Å². The minimum absolute atomic E-state index is 0.0700. The predicted molar refractivity (Wildman–Crippen MR) is 152 cm³/mol. The highest BCUT2D eigenvalue weighted by molar-refractivity contribution is 6.99. The average molecular weight is 507 g/mol. The van der Waals surface area contributed by atoms with E-state index in [4.69, 9.17) is 13.9 Å². The van der Waals surface area contributed by atoms with Crippen molar-refractivity contribution >= 4 is 26.8 Å². The van der Waals surface area contributed by atoms with Crippen LogP contribution in [0.2, 0.25) is 24.7 Å². The summed E-state index contributed by atoms with van der Waals surface area (Å²) < 4.78 is 18.9. The van der Waals surface area contributed by atoms with E-state index in [1.54, 1.807) is 0 Å². The zero-order valence-electron chi connectivity index (χ0n) is 22.4. The van der Waals surface area contributed by atoms with Gasteiger partial charge in [-0.3, -0.25) is 0 Å². The summed E-state index contributed by atoms with van der Waals surface area (Å²) in [6.45, 7) is 15.5. The van der Waals surface area contributed by atoms with E-state index in [0.717, 1.165) is 31.4 Å². The van der Waals surface area contributed by atoms with E-state index in [9.17, 15) is 0 Å². The Kier molecular flexibility index (Phi) is 9.74. The third-order valence-electron chi connectivity index (χ3n) is 6.21. The van der Waals surface area contributed by atoms with Crippen LogP contribution < -0.4 is 10.4 Å². The molecular formula is C30H42O3Si2. The van der Waals surface area contributed by atoms with Gasteiger partial charge in [-0.1, -0.05) is 107 Å². The molecule has 1 atom stereocenters. The van der Waals surface area contributed by atoms with E-state index in [0.29, 0.717) is 13.2 Å². The molecule has 2 aromatic rings. The van der Waals surface area contributed by atoms with Gasteiger partial charge in [0.05, 0.1) is 13.2 Å². The lowest BCUT2D eigenvalue weighted by Gasteiger charge is -2.43. The summed E-state index contributed by atoms with van der Waals surface area (Å²) in [5, 5.41) is 2.49. The van der Waals surface area contributed by atoms with E-state index in [1.807, 2.05) is 0 Å². The number of ether oxygens (including phenoxy) is 2. The molecule has 1 aliphatic rings. The molecule has 0 saturated carbocycles. The van der Waals surface area contributed by atoms with E-state index < -0.39 is 16.4 Å². The summed E-state index contributed by atoms with van der Waals surface area (Å²) in [4.78, 5) is 0. The van der Waals surface area contributed by atoms with Crippen LogP contribution in [0, 0.1) is 11.5 Å². The zero-order valence-corrected chi connectivity index (χ0v) is 24.4.